The van der Waals surface area contributed by atoms with Crippen LogP contribution in [0.1, 0.15) is 19.3 Å². The van der Waals surface area contributed by atoms with E-state index in [9.17, 15) is 9.59 Å². The van der Waals surface area contributed by atoms with E-state index in [2.05, 4.69) is 10.3 Å². The first-order chi connectivity index (χ1) is 11.1. The maximum Gasteiger partial charge on any atom is 0.262 e. The summed E-state index contributed by atoms with van der Waals surface area (Å²) in [6.45, 7) is 0.296. The van der Waals surface area contributed by atoms with Gasteiger partial charge in [0.1, 0.15) is 0 Å². The number of carbonyl (C=O) groups is 1. The molecule has 1 aromatic heterocycles. The Labute approximate surface area is 143 Å². The van der Waals surface area contributed by atoms with E-state index in [0.717, 1.165) is 24.1 Å². The van der Waals surface area contributed by atoms with E-state index in [1.807, 2.05) is 30.0 Å². The number of amides is 1. The lowest BCUT2D eigenvalue weighted by Gasteiger charge is -2.22. The third-order valence-electron chi connectivity index (χ3n) is 3.98. The molecule has 0 aliphatic carbocycles. The van der Waals surface area contributed by atoms with Crippen molar-refractivity contribution < 1.29 is 4.79 Å². The number of hydrogen-bond donors (Lipinski definition) is 2. The number of nitrogens with one attached hydrogen (secondary N) is 2. The van der Waals surface area contributed by atoms with Crippen LogP contribution in [0.3, 0.4) is 0 Å². The predicted molar refractivity (Wildman–Crippen MR) is 96.5 cm³/mol. The summed E-state index contributed by atoms with van der Waals surface area (Å²) < 4.78 is 1.82. The standard InChI is InChI=1S/C16H19N3O2S2/c20-14(17-11-4-3-9-23-10-11)7-8-19-15(21)12-5-1-2-6-13(12)18-16(19)22/h1-2,5-6,11H,3-4,7-10H2,(H,17,20)(H,18,22)/t11-/m0/s1. The van der Waals surface area contributed by atoms with Gasteiger partial charge in [-0.1, -0.05) is 12.1 Å². The van der Waals surface area contributed by atoms with E-state index < -0.39 is 0 Å². The number of H-pyrrole nitrogens is 1. The molecule has 1 saturated heterocycles. The van der Waals surface area contributed by atoms with Crippen molar-refractivity contribution in [1.29, 1.82) is 0 Å². The van der Waals surface area contributed by atoms with Crippen LogP contribution in [0, 0.1) is 4.77 Å². The SMILES string of the molecule is O=C(CCn1c(=S)[nH]c2ccccc2c1=O)N[C@H]1CCCSC1. The van der Waals surface area contributed by atoms with Gasteiger partial charge in [-0.2, -0.15) is 11.8 Å². The molecule has 1 aliphatic heterocycles. The van der Waals surface area contributed by atoms with E-state index >= 15 is 0 Å². The highest BCUT2D eigenvalue weighted by molar-refractivity contribution is 7.99. The Morgan fingerprint density at radius 2 is 2.26 bits per heavy atom. The van der Waals surface area contributed by atoms with Crippen molar-refractivity contribution in [2.24, 2.45) is 0 Å². The smallest absolute Gasteiger partial charge is 0.262 e. The monoisotopic (exact) mass is 349 g/mol. The Balaban J connectivity index is 1.70. The molecule has 23 heavy (non-hydrogen) atoms. The van der Waals surface area contributed by atoms with E-state index in [1.54, 1.807) is 6.07 Å². The molecule has 3 rings (SSSR count). The number of aromatic amines is 1. The molecule has 1 amide bonds. The van der Waals surface area contributed by atoms with Crippen LogP contribution in [0.15, 0.2) is 29.1 Å². The summed E-state index contributed by atoms with van der Waals surface area (Å²) in [7, 11) is 0. The maximum absolute atomic E-state index is 12.5. The van der Waals surface area contributed by atoms with Crippen molar-refractivity contribution in [1.82, 2.24) is 14.9 Å². The Hall–Kier alpha value is -1.60. The molecular weight excluding hydrogens is 330 g/mol. The average molecular weight is 349 g/mol. The van der Waals surface area contributed by atoms with Crippen molar-refractivity contribution in [2.75, 3.05) is 11.5 Å². The Kier molecular flexibility index (Phi) is 5.17. The van der Waals surface area contributed by atoms with Gasteiger partial charge in [-0.05, 0) is 42.9 Å². The van der Waals surface area contributed by atoms with Gasteiger partial charge < -0.3 is 10.3 Å². The summed E-state index contributed by atoms with van der Waals surface area (Å²) in [4.78, 5) is 27.6. The predicted octanol–water partition coefficient (Wildman–Crippen LogP) is 2.46. The van der Waals surface area contributed by atoms with Crippen LogP contribution >= 0.6 is 24.0 Å². The van der Waals surface area contributed by atoms with Gasteiger partial charge in [-0.25, -0.2) is 0 Å². The normalized spacial score (nSPS) is 18.0. The molecule has 0 radical (unpaired) electrons. The zero-order valence-electron chi connectivity index (χ0n) is 12.7. The highest BCUT2D eigenvalue weighted by Gasteiger charge is 2.16. The minimum Gasteiger partial charge on any atom is -0.352 e. The maximum atomic E-state index is 12.5. The summed E-state index contributed by atoms with van der Waals surface area (Å²) in [5.41, 5.74) is 0.577. The highest BCUT2D eigenvalue weighted by atomic mass is 32.2. The molecule has 1 aliphatic rings. The molecular formula is C16H19N3O2S2. The number of benzene rings is 1. The number of rotatable bonds is 4. The molecule has 2 heterocycles. The number of para-hydroxylation sites is 1. The Bertz CT molecular complexity index is 822. The van der Waals surface area contributed by atoms with Crippen molar-refractivity contribution in [3.63, 3.8) is 0 Å². The summed E-state index contributed by atoms with van der Waals surface area (Å²) >= 11 is 7.13. The van der Waals surface area contributed by atoms with E-state index in [1.165, 1.54) is 10.3 Å². The van der Waals surface area contributed by atoms with Crippen molar-refractivity contribution in [3.05, 3.63) is 39.4 Å². The number of aromatic nitrogens is 2. The quantitative estimate of drug-likeness (QED) is 0.832. The van der Waals surface area contributed by atoms with Crippen molar-refractivity contribution in [3.8, 4) is 0 Å². The minimum atomic E-state index is -0.148. The first kappa shape index (κ1) is 16.3. The van der Waals surface area contributed by atoms with Crippen LogP contribution in [0.2, 0.25) is 0 Å². The van der Waals surface area contributed by atoms with Gasteiger partial charge in [0.25, 0.3) is 5.56 Å². The fourth-order valence-corrected chi connectivity index (χ4v) is 4.13. The molecule has 0 unspecified atom stereocenters. The first-order valence-electron chi connectivity index (χ1n) is 7.74. The molecule has 5 nitrogen and oxygen atoms in total. The van der Waals surface area contributed by atoms with E-state index in [4.69, 9.17) is 12.2 Å². The number of thioether (sulfide) groups is 1. The molecule has 2 N–H and O–H groups in total. The van der Waals surface area contributed by atoms with Crippen LogP contribution in [0.25, 0.3) is 10.9 Å². The highest BCUT2D eigenvalue weighted by Crippen LogP contribution is 2.16. The summed E-state index contributed by atoms with van der Waals surface area (Å²) in [5, 5.41) is 3.63. The third kappa shape index (κ3) is 3.84. The number of hydrogen-bond acceptors (Lipinski definition) is 4. The van der Waals surface area contributed by atoms with Crippen molar-refractivity contribution in [2.45, 2.75) is 31.8 Å². The second kappa shape index (κ2) is 7.31. The lowest BCUT2D eigenvalue weighted by Crippen LogP contribution is -2.39. The van der Waals surface area contributed by atoms with Gasteiger partial charge in [-0.15, -0.1) is 0 Å². The Morgan fingerprint density at radius 3 is 3.04 bits per heavy atom. The second-order valence-electron chi connectivity index (χ2n) is 5.66. The number of carbonyl (C=O) groups excluding carboxylic acids is 1. The van der Waals surface area contributed by atoms with Crippen LogP contribution in [-0.4, -0.2) is 33.0 Å². The second-order valence-corrected chi connectivity index (χ2v) is 7.20. The van der Waals surface area contributed by atoms with Gasteiger partial charge in [0.15, 0.2) is 4.77 Å². The van der Waals surface area contributed by atoms with Crippen LogP contribution in [0.4, 0.5) is 0 Å². The lowest BCUT2D eigenvalue weighted by molar-refractivity contribution is -0.121. The summed E-state index contributed by atoms with van der Waals surface area (Å²) in [6.07, 6.45) is 2.44. The molecule has 1 aromatic carbocycles. The molecule has 0 saturated carbocycles. The van der Waals surface area contributed by atoms with Crippen molar-refractivity contribution >= 4 is 40.8 Å². The van der Waals surface area contributed by atoms with Crippen LogP contribution in [0.5, 0.6) is 0 Å². The zero-order chi connectivity index (χ0) is 16.2. The van der Waals surface area contributed by atoms with Crippen LogP contribution in [-0.2, 0) is 11.3 Å². The van der Waals surface area contributed by atoms with Gasteiger partial charge in [0, 0.05) is 24.8 Å². The summed E-state index contributed by atoms with van der Waals surface area (Å²) in [5.74, 6) is 2.13. The molecule has 1 atom stereocenters. The third-order valence-corrected chi connectivity index (χ3v) is 5.52. The van der Waals surface area contributed by atoms with Gasteiger partial charge in [-0.3, -0.25) is 14.2 Å². The van der Waals surface area contributed by atoms with Crippen LogP contribution < -0.4 is 10.9 Å². The topological polar surface area (TPSA) is 66.9 Å². The van der Waals surface area contributed by atoms with E-state index in [-0.39, 0.29) is 23.9 Å². The van der Waals surface area contributed by atoms with Gasteiger partial charge >= 0.3 is 0 Å². The molecule has 7 heteroatoms. The molecule has 2 aromatic rings. The van der Waals surface area contributed by atoms with Gasteiger partial charge in [0.2, 0.25) is 5.91 Å². The zero-order valence-corrected chi connectivity index (χ0v) is 14.3. The average Bonchev–Trinajstić information content (AvgIpc) is 2.55. The fourth-order valence-electron chi connectivity index (χ4n) is 2.77. The Morgan fingerprint density at radius 1 is 1.43 bits per heavy atom. The molecule has 0 spiro atoms. The first-order valence-corrected chi connectivity index (χ1v) is 9.30. The molecule has 122 valence electrons. The number of nitrogens with zero attached hydrogens (tertiary/aromatic N) is 1. The summed E-state index contributed by atoms with van der Waals surface area (Å²) in [6, 6.07) is 7.51. The fraction of sp³-hybridized carbons (Fsp3) is 0.438. The molecule has 0 bridgehead atoms. The van der Waals surface area contributed by atoms with Gasteiger partial charge in [0.05, 0.1) is 10.9 Å². The number of fused-ring (bicyclic) bond motifs is 1. The lowest BCUT2D eigenvalue weighted by atomic mass is 10.2. The molecule has 1 fully saturated rings. The largest absolute Gasteiger partial charge is 0.352 e. The van der Waals surface area contributed by atoms with E-state index in [0.29, 0.717) is 16.7 Å². The minimum absolute atomic E-state index is 0.0213.